The SMILES string of the molecule is Cc1cnc(CNC(=O)c2cn3c(n2)[C@H](C)N(C(=O)[C@@H]2C[C@@H]2C)CC3)cn1. The van der Waals surface area contributed by atoms with Gasteiger partial charge in [-0.3, -0.25) is 19.6 Å². The van der Waals surface area contributed by atoms with Gasteiger partial charge >= 0.3 is 0 Å². The van der Waals surface area contributed by atoms with Gasteiger partial charge in [0.25, 0.3) is 5.91 Å². The Kier molecular flexibility index (Phi) is 4.41. The van der Waals surface area contributed by atoms with E-state index in [9.17, 15) is 9.59 Å². The molecule has 1 N–H and O–H groups in total. The van der Waals surface area contributed by atoms with Gasteiger partial charge in [-0.1, -0.05) is 6.92 Å². The zero-order chi connectivity index (χ0) is 19.1. The minimum Gasteiger partial charge on any atom is -0.345 e. The van der Waals surface area contributed by atoms with Crippen molar-refractivity contribution in [2.75, 3.05) is 6.54 Å². The first-order valence-electron chi connectivity index (χ1n) is 9.37. The third kappa shape index (κ3) is 3.43. The third-order valence-electron chi connectivity index (χ3n) is 5.44. The summed E-state index contributed by atoms with van der Waals surface area (Å²) < 4.78 is 1.98. The lowest BCUT2D eigenvalue weighted by atomic mass is 10.1. The first-order chi connectivity index (χ1) is 12.9. The van der Waals surface area contributed by atoms with Crippen LogP contribution in [0.1, 0.15) is 54.0 Å². The van der Waals surface area contributed by atoms with Crippen LogP contribution in [0.15, 0.2) is 18.6 Å². The Morgan fingerprint density at radius 2 is 2.00 bits per heavy atom. The Bertz CT molecular complexity index is 875. The van der Waals surface area contributed by atoms with Crippen molar-refractivity contribution in [3.05, 3.63) is 41.5 Å². The van der Waals surface area contributed by atoms with Gasteiger partial charge in [0.05, 0.1) is 30.2 Å². The Labute approximate surface area is 158 Å². The van der Waals surface area contributed by atoms with Gasteiger partial charge in [0.2, 0.25) is 5.91 Å². The van der Waals surface area contributed by atoms with Gasteiger partial charge in [-0.05, 0) is 26.2 Å². The number of carbonyl (C=O) groups excluding carboxylic acids is 2. The summed E-state index contributed by atoms with van der Waals surface area (Å²) in [5.74, 6) is 1.38. The summed E-state index contributed by atoms with van der Waals surface area (Å²) in [6.07, 6.45) is 6.07. The lowest BCUT2D eigenvalue weighted by Crippen LogP contribution is -2.42. The molecule has 2 aliphatic rings. The molecule has 0 spiro atoms. The van der Waals surface area contributed by atoms with E-state index in [1.165, 1.54) is 0 Å². The van der Waals surface area contributed by atoms with Crippen molar-refractivity contribution in [2.24, 2.45) is 11.8 Å². The van der Waals surface area contributed by atoms with E-state index >= 15 is 0 Å². The molecule has 1 aliphatic carbocycles. The number of carbonyl (C=O) groups is 2. The largest absolute Gasteiger partial charge is 0.345 e. The van der Waals surface area contributed by atoms with Crippen LogP contribution in [0, 0.1) is 18.8 Å². The molecule has 2 aromatic heterocycles. The molecule has 0 aromatic carbocycles. The Morgan fingerprint density at radius 3 is 2.67 bits per heavy atom. The van der Waals surface area contributed by atoms with E-state index in [4.69, 9.17) is 0 Å². The number of aryl methyl sites for hydroxylation is 1. The molecule has 0 unspecified atom stereocenters. The first-order valence-corrected chi connectivity index (χ1v) is 9.37. The number of hydrogen-bond acceptors (Lipinski definition) is 5. The van der Waals surface area contributed by atoms with Crippen molar-refractivity contribution in [1.82, 2.24) is 29.7 Å². The second kappa shape index (κ2) is 6.75. The van der Waals surface area contributed by atoms with Crippen LogP contribution >= 0.6 is 0 Å². The summed E-state index contributed by atoms with van der Waals surface area (Å²) in [6.45, 7) is 7.58. The fourth-order valence-electron chi connectivity index (χ4n) is 3.55. The smallest absolute Gasteiger partial charge is 0.271 e. The molecule has 3 heterocycles. The predicted molar refractivity (Wildman–Crippen MR) is 97.6 cm³/mol. The standard InChI is InChI=1S/C19H24N6O2/c1-11-6-15(11)19(27)25-5-4-24-10-16(23-17(24)13(25)3)18(26)22-9-14-8-20-12(2)7-21-14/h7-8,10-11,13,15H,4-6,9H2,1-3H3,(H,22,26)/t11-,13-,15+/m0/s1. The maximum atomic E-state index is 12.6. The summed E-state index contributed by atoms with van der Waals surface area (Å²) in [5.41, 5.74) is 1.90. The van der Waals surface area contributed by atoms with E-state index in [1.807, 2.05) is 23.3 Å². The molecule has 0 saturated heterocycles. The predicted octanol–water partition coefficient (Wildman–Crippen LogP) is 1.47. The monoisotopic (exact) mass is 368 g/mol. The molecular formula is C19H24N6O2. The molecule has 3 atom stereocenters. The van der Waals surface area contributed by atoms with Crippen molar-refractivity contribution in [2.45, 2.75) is 46.3 Å². The first kappa shape index (κ1) is 17.6. The molecule has 4 rings (SSSR count). The van der Waals surface area contributed by atoms with Gasteiger partial charge in [0.1, 0.15) is 11.5 Å². The van der Waals surface area contributed by atoms with Crippen LogP contribution in [0.5, 0.6) is 0 Å². The van der Waals surface area contributed by atoms with Crippen molar-refractivity contribution in [1.29, 1.82) is 0 Å². The highest BCUT2D eigenvalue weighted by atomic mass is 16.2. The second-order valence-electron chi connectivity index (χ2n) is 7.54. The van der Waals surface area contributed by atoms with E-state index in [1.54, 1.807) is 18.6 Å². The molecular weight excluding hydrogens is 344 g/mol. The number of nitrogens with one attached hydrogen (secondary N) is 1. The van der Waals surface area contributed by atoms with E-state index in [0.29, 0.717) is 36.9 Å². The summed E-state index contributed by atoms with van der Waals surface area (Å²) >= 11 is 0. The molecule has 142 valence electrons. The third-order valence-corrected chi connectivity index (χ3v) is 5.44. The average molecular weight is 368 g/mol. The highest BCUT2D eigenvalue weighted by Crippen LogP contribution is 2.41. The molecule has 0 radical (unpaired) electrons. The molecule has 1 saturated carbocycles. The molecule has 2 aromatic rings. The number of nitrogens with zero attached hydrogens (tertiary/aromatic N) is 5. The van der Waals surface area contributed by atoms with Crippen molar-refractivity contribution in [3.63, 3.8) is 0 Å². The van der Waals surface area contributed by atoms with Crippen LogP contribution in [-0.4, -0.2) is 42.8 Å². The van der Waals surface area contributed by atoms with Crippen molar-refractivity contribution < 1.29 is 9.59 Å². The summed E-state index contributed by atoms with van der Waals surface area (Å²) in [4.78, 5) is 39.9. The van der Waals surface area contributed by atoms with E-state index < -0.39 is 0 Å². The van der Waals surface area contributed by atoms with Crippen molar-refractivity contribution in [3.8, 4) is 0 Å². The van der Waals surface area contributed by atoms with E-state index in [0.717, 1.165) is 17.9 Å². The molecule has 27 heavy (non-hydrogen) atoms. The van der Waals surface area contributed by atoms with Gasteiger partial charge in [-0.25, -0.2) is 4.98 Å². The zero-order valence-corrected chi connectivity index (χ0v) is 15.8. The normalized spacial score (nSPS) is 23.7. The van der Waals surface area contributed by atoms with Gasteiger partial charge in [0.15, 0.2) is 0 Å². The Hall–Kier alpha value is -2.77. The quantitative estimate of drug-likeness (QED) is 0.882. The number of fused-ring (bicyclic) bond motifs is 1. The number of amides is 2. The van der Waals surface area contributed by atoms with Gasteiger partial charge in [-0.15, -0.1) is 0 Å². The summed E-state index contributed by atoms with van der Waals surface area (Å²) in [6, 6.07) is -0.122. The second-order valence-corrected chi connectivity index (χ2v) is 7.54. The van der Waals surface area contributed by atoms with Crippen molar-refractivity contribution >= 4 is 11.8 Å². The highest BCUT2D eigenvalue weighted by molar-refractivity contribution is 5.92. The fraction of sp³-hybridized carbons (Fsp3) is 0.526. The molecule has 1 aliphatic heterocycles. The molecule has 8 nitrogen and oxygen atoms in total. The molecule has 8 heteroatoms. The minimum absolute atomic E-state index is 0.122. The number of rotatable bonds is 4. The van der Waals surface area contributed by atoms with Crippen LogP contribution in [0.2, 0.25) is 0 Å². The maximum absolute atomic E-state index is 12.6. The fourth-order valence-corrected chi connectivity index (χ4v) is 3.55. The molecule has 2 amide bonds. The average Bonchev–Trinajstić information content (AvgIpc) is 3.22. The van der Waals surface area contributed by atoms with Crippen LogP contribution in [0.3, 0.4) is 0 Å². The molecule has 1 fully saturated rings. The van der Waals surface area contributed by atoms with Crippen LogP contribution in [-0.2, 0) is 17.9 Å². The maximum Gasteiger partial charge on any atom is 0.271 e. The molecule has 0 bridgehead atoms. The van der Waals surface area contributed by atoms with Crippen LogP contribution < -0.4 is 5.32 Å². The number of imidazole rings is 1. The minimum atomic E-state index is -0.250. The van der Waals surface area contributed by atoms with E-state index in [2.05, 4.69) is 27.2 Å². The number of aromatic nitrogens is 4. The van der Waals surface area contributed by atoms with Gasteiger partial charge < -0.3 is 14.8 Å². The topological polar surface area (TPSA) is 93.0 Å². The van der Waals surface area contributed by atoms with E-state index in [-0.39, 0.29) is 23.8 Å². The highest BCUT2D eigenvalue weighted by Gasteiger charge is 2.44. The summed E-state index contributed by atoms with van der Waals surface area (Å²) in [7, 11) is 0. The van der Waals surface area contributed by atoms with Gasteiger partial charge in [0, 0.05) is 31.4 Å². The van der Waals surface area contributed by atoms with Crippen LogP contribution in [0.4, 0.5) is 0 Å². The lowest BCUT2D eigenvalue weighted by Gasteiger charge is -2.34. The Morgan fingerprint density at radius 1 is 1.22 bits per heavy atom. The number of hydrogen-bond donors (Lipinski definition) is 1. The summed E-state index contributed by atoms with van der Waals surface area (Å²) in [5, 5.41) is 2.83. The Balaban J connectivity index is 1.43. The van der Waals surface area contributed by atoms with Gasteiger partial charge in [-0.2, -0.15) is 0 Å². The zero-order valence-electron chi connectivity index (χ0n) is 15.8. The van der Waals surface area contributed by atoms with Crippen LogP contribution in [0.25, 0.3) is 0 Å². The lowest BCUT2D eigenvalue weighted by molar-refractivity contribution is -0.136.